The number of ether oxygens (including phenoxy) is 2. The molecule has 5 heteroatoms. The Morgan fingerprint density at radius 2 is 2.04 bits per heavy atom. The highest BCUT2D eigenvalue weighted by atomic mass is 16.5. The van der Waals surface area contributed by atoms with Gasteiger partial charge in [-0.05, 0) is 31.1 Å². The molecule has 0 aromatic carbocycles. The number of unbranched alkanes of at least 4 members (excludes halogenated alkanes) is 1. The van der Waals surface area contributed by atoms with Gasteiger partial charge in [0.15, 0.2) is 0 Å². The van der Waals surface area contributed by atoms with Crippen LogP contribution in [0.25, 0.3) is 0 Å². The average molecular weight is 369 g/mol. The predicted octanol–water partition coefficient (Wildman–Crippen LogP) is 3.79. The van der Waals surface area contributed by atoms with Gasteiger partial charge in [-0.25, -0.2) is 0 Å². The molecule has 1 unspecified atom stereocenters. The van der Waals surface area contributed by atoms with Gasteiger partial charge in [0.1, 0.15) is 0 Å². The molecule has 0 spiro atoms. The number of aliphatic hydroxyl groups excluding tert-OH is 1. The topological polar surface area (TPSA) is 76.0 Å². The van der Waals surface area contributed by atoms with E-state index in [2.05, 4.69) is 26.8 Å². The van der Waals surface area contributed by atoms with E-state index in [9.17, 15) is 9.90 Å². The van der Waals surface area contributed by atoms with Gasteiger partial charge in [-0.1, -0.05) is 45.8 Å². The van der Waals surface area contributed by atoms with Crippen molar-refractivity contribution in [3.63, 3.8) is 0 Å². The van der Waals surface area contributed by atoms with Gasteiger partial charge in [0.2, 0.25) is 0 Å². The van der Waals surface area contributed by atoms with Crippen molar-refractivity contribution in [1.82, 2.24) is 0 Å². The molecular formula is C21H36O5. The lowest BCUT2D eigenvalue weighted by atomic mass is 9.77. The van der Waals surface area contributed by atoms with Gasteiger partial charge in [0.05, 0.1) is 24.9 Å². The summed E-state index contributed by atoms with van der Waals surface area (Å²) in [5, 5.41) is 19.3. The van der Waals surface area contributed by atoms with Crippen LogP contribution >= 0.6 is 0 Å². The minimum atomic E-state index is -0.780. The molecule has 5 atom stereocenters. The zero-order valence-electron chi connectivity index (χ0n) is 16.5. The van der Waals surface area contributed by atoms with Crippen LogP contribution in [0.3, 0.4) is 0 Å². The molecule has 0 saturated carbocycles. The van der Waals surface area contributed by atoms with Crippen molar-refractivity contribution >= 4 is 5.97 Å². The Hall–Kier alpha value is -0.910. The first kappa shape index (κ1) is 21.4. The van der Waals surface area contributed by atoms with Crippen molar-refractivity contribution in [2.75, 3.05) is 13.2 Å². The molecule has 150 valence electrons. The number of aliphatic carboxylic acids is 1. The number of aliphatic hydroxyl groups is 1. The summed E-state index contributed by atoms with van der Waals surface area (Å²) in [5.74, 6) is -0.192. The van der Waals surface area contributed by atoms with Crippen molar-refractivity contribution in [2.24, 2.45) is 17.3 Å². The second-order valence-electron chi connectivity index (χ2n) is 8.53. The summed E-state index contributed by atoms with van der Waals surface area (Å²) in [4.78, 5) is 10.6. The van der Waals surface area contributed by atoms with Crippen LogP contribution in [0.5, 0.6) is 0 Å². The normalized spacial score (nSPS) is 29.5. The highest BCUT2D eigenvalue weighted by molar-refractivity contribution is 5.66. The maximum atomic E-state index is 10.6. The van der Waals surface area contributed by atoms with Gasteiger partial charge < -0.3 is 19.7 Å². The summed E-state index contributed by atoms with van der Waals surface area (Å²) >= 11 is 0. The fourth-order valence-corrected chi connectivity index (χ4v) is 4.12. The molecule has 2 aliphatic heterocycles. The molecular weight excluding hydrogens is 332 g/mol. The lowest BCUT2D eigenvalue weighted by Gasteiger charge is -2.30. The van der Waals surface area contributed by atoms with Crippen LogP contribution < -0.4 is 0 Å². The third-order valence-corrected chi connectivity index (χ3v) is 5.97. The average Bonchev–Trinajstić information content (AvgIpc) is 3.19. The Kier molecular flexibility index (Phi) is 8.11. The zero-order valence-corrected chi connectivity index (χ0v) is 16.5. The van der Waals surface area contributed by atoms with Crippen LogP contribution in [0.1, 0.15) is 65.7 Å². The number of fused-ring (bicyclic) bond motifs is 2. The van der Waals surface area contributed by atoms with Gasteiger partial charge in [-0.15, -0.1) is 0 Å². The number of carbonyl (C=O) groups is 1. The Morgan fingerprint density at radius 3 is 2.73 bits per heavy atom. The lowest BCUT2D eigenvalue weighted by molar-refractivity contribution is -0.137. The first-order chi connectivity index (χ1) is 12.3. The molecule has 0 amide bonds. The van der Waals surface area contributed by atoms with Crippen LogP contribution in [-0.4, -0.2) is 47.7 Å². The first-order valence-corrected chi connectivity index (χ1v) is 10.2. The van der Waals surface area contributed by atoms with E-state index in [0.717, 1.165) is 32.1 Å². The van der Waals surface area contributed by atoms with Gasteiger partial charge in [-0.2, -0.15) is 0 Å². The standard InChI is InChI=1S/C21H36O5/c1-4-5-12-21(2,3)19(22)11-8-15-16(18-10-9-17(15)26-18)14-25-13-6-7-20(23)24/h8,11,15-19,22H,4-7,9-10,12-14H2,1-3H3,(H,23,24)/b11-8+/t15-,16+,17-,18+,19?/m1/s1. The number of hydrogen-bond acceptors (Lipinski definition) is 4. The molecule has 2 N–H and O–H groups in total. The molecule has 0 radical (unpaired) electrons. The van der Waals surface area contributed by atoms with Gasteiger partial charge >= 0.3 is 5.97 Å². The van der Waals surface area contributed by atoms with E-state index in [4.69, 9.17) is 14.6 Å². The molecule has 0 aliphatic carbocycles. The van der Waals surface area contributed by atoms with E-state index in [1.165, 1.54) is 0 Å². The van der Waals surface area contributed by atoms with Crippen LogP contribution in [0.4, 0.5) is 0 Å². The zero-order chi connectivity index (χ0) is 19.2. The molecule has 2 aliphatic rings. The Morgan fingerprint density at radius 1 is 1.31 bits per heavy atom. The number of rotatable bonds is 12. The summed E-state index contributed by atoms with van der Waals surface area (Å²) in [6, 6.07) is 0. The fraction of sp³-hybridized carbons (Fsp3) is 0.857. The van der Waals surface area contributed by atoms with Crippen LogP contribution in [0, 0.1) is 17.3 Å². The van der Waals surface area contributed by atoms with E-state index >= 15 is 0 Å². The fourth-order valence-electron chi connectivity index (χ4n) is 4.12. The van der Waals surface area contributed by atoms with E-state index in [0.29, 0.717) is 25.6 Å². The SMILES string of the molecule is CCCCC(C)(C)C(O)/C=C/[C@@H]1[C@H](COCCCC(=O)O)[C@@H]2CC[C@H]1O2. The molecule has 0 aromatic rings. The van der Waals surface area contributed by atoms with E-state index < -0.39 is 12.1 Å². The second kappa shape index (κ2) is 9.86. The maximum absolute atomic E-state index is 10.6. The van der Waals surface area contributed by atoms with E-state index in [1.54, 1.807) is 0 Å². The molecule has 26 heavy (non-hydrogen) atoms. The van der Waals surface area contributed by atoms with Crippen LogP contribution in [0.2, 0.25) is 0 Å². The van der Waals surface area contributed by atoms with Crippen molar-refractivity contribution in [1.29, 1.82) is 0 Å². The number of hydrogen-bond donors (Lipinski definition) is 2. The molecule has 2 rings (SSSR count). The summed E-state index contributed by atoms with van der Waals surface area (Å²) in [6.07, 6.45) is 10.2. The highest BCUT2D eigenvalue weighted by Crippen LogP contribution is 2.44. The Labute approximate surface area is 157 Å². The van der Waals surface area contributed by atoms with E-state index in [1.807, 2.05) is 6.08 Å². The van der Waals surface area contributed by atoms with Gasteiger partial charge in [0.25, 0.3) is 0 Å². The molecule has 2 bridgehead atoms. The highest BCUT2D eigenvalue weighted by Gasteiger charge is 2.47. The van der Waals surface area contributed by atoms with Crippen molar-refractivity contribution in [3.8, 4) is 0 Å². The smallest absolute Gasteiger partial charge is 0.303 e. The summed E-state index contributed by atoms with van der Waals surface area (Å²) in [7, 11) is 0. The monoisotopic (exact) mass is 368 g/mol. The number of carboxylic acid groups (broad SMARTS) is 1. The minimum absolute atomic E-state index is 0.117. The molecule has 2 fully saturated rings. The van der Waals surface area contributed by atoms with E-state index in [-0.39, 0.29) is 30.0 Å². The van der Waals surface area contributed by atoms with Crippen molar-refractivity contribution < 1.29 is 24.5 Å². The van der Waals surface area contributed by atoms with Crippen molar-refractivity contribution in [2.45, 2.75) is 84.0 Å². The summed E-state index contributed by atoms with van der Waals surface area (Å²) in [6.45, 7) is 7.50. The van der Waals surface area contributed by atoms with Gasteiger partial charge in [0, 0.05) is 24.9 Å². The Balaban J connectivity index is 1.86. The largest absolute Gasteiger partial charge is 0.481 e. The summed E-state index contributed by atoms with van der Waals surface area (Å²) < 4.78 is 11.8. The number of carboxylic acids is 1. The second-order valence-corrected chi connectivity index (χ2v) is 8.53. The predicted molar refractivity (Wildman–Crippen MR) is 101 cm³/mol. The first-order valence-electron chi connectivity index (χ1n) is 10.2. The maximum Gasteiger partial charge on any atom is 0.303 e. The molecule has 2 heterocycles. The van der Waals surface area contributed by atoms with Crippen LogP contribution in [-0.2, 0) is 14.3 Å². The molecule has 5 nitrogen and oxygen atoms in total. The van der Waals surface area contributed by atoms with Crippen molar-refractivity contribution in [3.05, 3.63) is 12.2 Å². The molecule has 2 saturated heterocycles. The molecule has 0 aromatic heterocycles. The third kappa shape index (κ3) is 5.80. The third-order valence-electron chi connectivity index (χ3n) is 5.97. The Bertz CT molecular complexity index is 473. The lowest BCUT2D eigenvalue weighted by Crippen LogP contribution is -2.31. The van der Waals surface area contributed by atoms with Crippen LogP contribution in [0.15, 0.2) is 12.2 Å². The quantitative estimate of drug-likeness (QED) is 0.405. The van der Waals surface area contributed by atoms with Gasteiger partial charge in [-0.3, -0.25) is 4.79 Å². The summed E-state index contributed by atoms with van der Waals surface area (Å²) in [5.41, 5.74) is -0.117. The minimum Gasteiger partial charge on any atom is -0.481 e.